The fraction of sp³-hybridized carbons (Fsp3) is 0.318. The maximum absolute atomic E-state index is 13.8. The molecule has 2 heterocycles. The standard InChI is InChI=1S/C22H24FN5O/c1-2-19-27-20-15(21(24)29)7-4-8-16(20)22(28-19)26-12-17(18-9-10-25-18)13-5-3-6-14(23)11-13/h3-8,11,17-18,25H,2,9-10,12H2,1H3,(H2,24,29)(H,26,27,28). The molecule has 0 saturated carbocycles. The highest BCUT2D eigenvalue weighted by molar-refractivity contribution is 6.07. The minimum Gasteiger partial charge on any atom is -0.369 e. The fourth-order valence-corrected chi connectivity index (χ4v) is 3.78. The minimum absolute atomic E-state index is 0.0915. The Balaban J connectivity index is 1.69. The van der Waals surface area contributed by atoms with E-state index >= 15 is 0 Å². The first-order valence-electron chi connectivity index (χ1n) is 9.89. The van der Waals surface area contributed by atoms with Crippen molar-refractivity contribution in [2.24, 2.45) is 5.73 Å². The van der Waals surface area contributed by atoms with E-state index in [4.69, 9.17) is 5.73 Å². The Morgan fingerprint density at radius 3 is 2.76 bits per heavy atom. The monoisotopic (exact) mass is 393 g/mol. The van der Waals surface area contributed by atoms with Crippen LogP contribution in [0, 0.1) is 5.82 Å². The third-order valence-corrected chi connectivity index (χ3v) is 5.47. The molecule has 1 aliphatic heterocycles. The van der Waals surface area contributed by atoms with Crippen LogP contribution in [-0.2, 0) is 6.42 Å². The Bertz CT molecular complexity index is 1050. The highest BCUT2D eigenvalue weighted by Gasteiger charge is 2.28. The largest absolute Gasteiger partial charge is 0.369 e. The summed E-state index contributed by atoms with van der Waals surface area (Å²) in [6.07, 6.45) is 1.68. The molecular weight excluding hydrogens is 369 g/mol. The van der Waals surface area contributed by atoms with Gasteiger partial charge in [0.1, 0.15) is 17.5 Å². The molecule has 6 nitrogen and oxygen atoms in total. The third kappa shape index (κ3) is 3.91. The number of rotatable bonds is 7. The van der Waals surface area contributed by atoms with Crippen LogP contribution in [0.1, 0.15) is 41.0 Å². The molecule has 0 bridgehead atoms. The number of anilines is 1. The Kier molecular flexibility index (Phi) is 5.40. The summed E-state index contributed by atoms with van der Waals surface area (Å²) in [6.45, 7) is 3.51. The zero-order valence-corrected chi connectivity index (χ0v) is 16.3. The van der Waals surface area contributed by atoms with Gasteiger partial charge in [-0.2, -0.15) is 0 Å². The second-order valence-electron chi connectivity index (χ2n) is 7.30. The topological polar surface area (TPSA) is 92.9 Å². The lowest BCUT2D eigenvalue weighted by atomic mass is 9.85. The van der Waals surface area contributed by atoms with Gasteiger partial charge in [-0.25, -0.2) is 14.4 Å². The van der Waals surface area contributed by atoms with Crippen molar-refractivity contribution in [2.75, 3.05) is 18.4 Å². The number of carbonyl (C=O) groups excluding carboxylic acids is 1. The number of halogens is 1. The van der Waals surface area contributed by atoms with Crippen molar-refractivity contribution in [3.05, 3.63) is 65.2 Å². The zero-order chi connectivity index (χ0) is 20.4. The Morgan fingerprint density at radius 1 is 1.31 bits per heavy atom. The van der Waals surface area contributed by atoms with Gasteiger partial charge in [0.2, 0.25) is 0 Å². The van der Waals surface area contributed by atoms with Gasteiger partial charge in [0, 0.05) is 30.3 Å². The van der Waals surface area contributed by atoms with Gasteiger partial charge in [-0.15, -0.1) is 0 Å². The van der Waals surface area contributed by atoms with Crippen LogP contribution in [0.2, 0.25) is 0 Å². The van der Waals surface area contributed by atoms with Crippen molar-refractivity contribution in [3.63, 3.8) is 0 Å². The predicted molar refractivity (Wildman–Crippen MR) is 111 cm³/mol. The quantitative estimate of drug-likeness (QED) is 0.574. The average molecular weight is 393 g/mol. The molecule has 0 aliphatic carbocycles. The van der Waals surface area contributed by atoms with Gasteiger partial charge >= 0.3 is 0 Å². The Labute approximate surface area is 168 Å². The van der Waals surface area contributed by atoms with Crippen LogP contribution < -0.4 is 16.4 Å². The molecule has 1 amide bonds. The van der Waals surface area contributed by atoms with Crippen LogP contribution in [-0.4, -0.2) is 35.0 Å². The second-order valence-corrected chi connectivity index (χ2v) is 7.30. The number of primary amides is 1. The summed E-state index contributed by atoms with van der Waals surface area (Å²) >= 11 is 0. The molecule has 0 radical (unpaired) electrons. The highest BCUT2D eigenvalue weighted by atomic mass is 19.1. The normalized spacial score (nSPS) is 17.0. The first kappa shape index (κ1) is 19.3. The molecule has 1 aromatic heterocycles. The van der Waals surface area contributed by atoms with Gasteiger partial charge < -0.3 is 16.4 Å². The van der Waals surface area contributed by atoms with E-state index in [1.165, 1.54) is 6.07 Å². The lowest BCUT2D eigenvalue weighted by Gasteiger charge is -2.36. The van der Waals surface area contributed by atoms with E-state index in [1.807, 2.05) is 19.1 Å². The van der Waals surface area contributed by atoms with Gasteiger partial charge in [-0.1, -0.05) is 25.1 Å². The summed E-state index contributed by atoms with van der Waals surface area (Å²) in [7, 11) is 0. The lowest BCUT2D eigenvalue weighted by molar-refractivity contribution is 0.100. The molecule has 7 heteroatoms. The fourth-order valence-electron chi connectivity index (χ4n) is 3.78. The molecule has 4 rings (SSSR count). The van der Waals surface area contributed by atoms with Crippen molar-refractivity contribution >= 4 is 22.6 Å². The number of nitrogens with two attached hydrogens (primary N) is 1. The molecule has 3 aromatic rings. The van der Waals surface area contributed by atoms with Crippen LogP contribution in [0.5, 0.6) is 0 Å². The lowest BCUT2D eigenvalue weighted by Crippen LogP contribution is -2.48. The number of benzene rings is 2. The van der Waals surface area contributed by atoms with E-state index in [0.717, 1.165) is 23.9 Å². The maximum atomic E-state index is 13.8. The first-order valence-corrected chi connectivity index (χ1v) is 9.89. The number of hydrogen-bond acceptors (Lipinski definition) is 5. The van der Waals surface area contributed by atoms with Crippen molar-refractivity contribution in [3.8, 4) is 0 Å². The molecular formula is C22H24FN5O. The molecule has 2 unspecified atom stereocenters. The number of aromatic nitrogens is 2. The van der Waals surface area contributed by atoms with Crippen molar-refractivity contribution in [1.82, 2.24) is 15.3 Å². The molecule has 1 saturated heterocycles. The molecule has 1 aliphatic rings. The number of hydrogen-bond donors (Lipinski definition) is 3. The van der Waals surface area contributed by atoms with Crippen molar-refractivity contribution < 1.29 is 9.18 Å². The number of fused-ring (bicyclic) bond motifs is 1. The van der Waals surface area contributed by atoms with Crippen molar-refractivity contribution in [2.45, 2.75) is 31.7 Å². The van der Waals surface area contributed by atoms with E-state index in [-0.39, 0.29) is 17.8 Å². The maximum Gasteiger partial charge on any atom is 0.250 e. The van der Waals surface area contributed by atoms with Crippen LogP contribution in [0.3, 0.4) is 0 Å². The highest BCUT2D eigenvalue weighted by Crippen LogP contribution is 2.29. The molecule has 150 valence electrons. The van der Waals surface area contributed by atoms with E-state index in [2.05, 4.69) is 20.6 Å². The predicted octanol–water partition coefficient (Wildman–Crippen LogP) is 2.99. The van der Waals surface area contributed by atoms with Crippen LogP contribution in [0.25, 0.3) is 10.9 Å². The number of carbonyl (C=O) groups is 1. The smallest absolute Gasteiger partial charge is 0.250 e. The average Bonchev–Trinajstić information content (AvgIpc) is 2.68. The molecule has 1 fully saturated rings. The molecule has 29 heavy (non-hydrogen) atoms. The van der Waals surface area contributed by atoms with Gasteiger partial charge in [0.15, 0.2) is 0 Å². The van der Waals surface area contributed by atoms with Crippen LogP contribution in [0.15, 0.2) is 42.5 Å². The Hall–Kier alpha value is -3.06. The van der Waals surface area contributed by atoms with Gasteiger partial charge in [0.25, 0.3) is 5.91 Å². The summed E-state index contributed by atoms with van der Waals surface area (Å²) in [4.78, 5) is 21.0. The van der Waals surface area contributed by atoms with Crippen LogP contribution >= 0.6 is 0 Å². The van der Waals surface area contributed by atoms with E-state index in [1.54, 1.807) is 24.3 Å². The van der Waals surface area contributed by atoms with E-state index in [0.29, 0.717) is 35.7 Å². The first-order chi connectivity index (χ1) is 14.1. The minimum atomic E-state index is -0.515. The van der Waals surface area contributed by atoms with Gasteiger partial charge in [-0.05, 0) is 42.8 Å². The Morgan fingerprint density at radius 2 is 2.10 bits per heavy atom. The SMILES string of the molecule is CCc1nc(NCC(c2cccc(F)c2)C2CCN2)c2cccc(C(N)=O)c2n1. The number of aryl methyl sites for hydroxylation is 1. The van der Waals surface area contributed by atoms with E-state index < -0.39 is 5.91 Å². The number of nitrogens with zero attached hydrogens (tertiary/aromatic N) is 2. The van der Waals surface area contributed by atoms with Crippen molar-refractivity contribution in [1.29, 1.82) is 0 Å². The number of amides is 1. The van der Waals surface area contributed by atoms with Gasteiger partial charge in [-0.3, -0.25) is 4.79 Å². The summed E-state index contributed by atoms with van der Waals surface area (Å²) in [5.41, 5.74) is 7.42. The zero-order valence-electron chi connectivity index (χ0n) is 16.3. The van der Waals surface area contributed by atoms with E-state index in [9.17, 15) is 9.18 Å². The van der Waals surface area contributed by atoms with Crippen LogP contribution in [0.4, 0.5) is 10.2 Å². The molecule has 2 atom stereocenters. The summed E-state index contributed by atoms with van der Waals surface area (Å²) in [6, 6.07) is 12.4. The van der Waals surface area contributed by atoms with Gasteiger partial charge in [0.05, 0.1) is 11.1 Å². The second kappa shape index (κ2) is 8.13. The summed E-state index contributed by atoms with van der Waals surface area (Å²) < 4.78 is 13.8. The molecule has 0 spiro atoms. The summed E-state index contributed by atoms with van der Waals surface area (Å²) in [5, 5.41) is 7.61. The molecule has 4 N–H and O–H groups in total. The number of para-hydroxylation sites is 1. The number of nitrogens with one attached hydrogen (secondary N) is 2. The summed E-state index contributed by atoms with van der Waals surface area (Å²) in [5.74, 6) is 0.639. The third-order valence-electron chi connectivity index (χ3n) is 5.47. The molecule has 2 aromatic carbocycles.